The summed E-state index contributed by atoms with van der Waals surface area (Å²) in [6, 6.07) is 9.90. The molecule has 2 atom stereocenters. The lowest BCUT2D eigenvalue weighted by Crippen LogP contribution is -2.48. The number of benzene rings is 1. The predicted molar refractivity (Wildman–Crippen MR) is 135 cm³/mol. The van der Waals surface area contributed by atoms with Crippen LogP contribution in [-0.4, -0.2) is 48.4 Å². The van der Waals surface area contributed by atoms with Crippen LogP contribution in [-0.2, 0) is 16.0 Å². The maximum Gasteiger partial charge on any atom is 0.243 e. The summed E-state index contributed by atoms with van der Waals surface area (Å²) in [7, 11) is 1.65. The molecule has 0 fully saturated rings. The number of nitrogens with zero attached hydrogens (tertiary/aromatic N) is 2. The van der Waals surface area contributed by atoms with E-state index in [-0.39, 0.29) is 30.3 Å². The maximum atomic E-state index is 13.6. The number of carbonyl (C=O) groups excluding carboxylic acids is 2. The van der Waals surface area contributed by atoms with Crippen LogP contribution in [0.4, 0.5) is 0 Å². The molecule has 178 valence electrons. The summed E-state index contributed by atoms with van der Waals surface area (Å²) in [6.07, 6.45) is 6.29. The van der Waals surface area contributed by atoms with E-state index in [1.807, 2.05) is 29.2 Å². The van der Waals surface area contributed by atoms with Gasteiger partial charge in [0.25, 0.3) is 0 Å². The summed E-state index contributed by atoms with van der Waals surface area (Å²) in [5, 5.41) is 2.10. The van der Waals surface area contributed by atoms with E-state index < -0.39 is 0 Å². The molecule has 0 spiro atoms. The smallest absolute Gasteiger partial charge is 0.243 e. The standard InChI is InChI=1S/C27H36N2O3S/c1-5-8-9-20(7-3)27(31)28(16-6-2)19-25(30)29-17-14-24-23(15-18-33-24)26(29)21-10-12-22(32-4)13-11-21/h6,10-13,15,18,20,26H,2,5,7-9,14,16-17,19H2,1,3-4H3. The Morgan fingerprint density at radius 1 is 1.27 bits per heavy atom. The van der Waals surface area contributed by atoms with E-state index in [1.165, 1.54) is 10.4 Å². The topological polar surface area (TPSA) is 49.9 Å². The monoisotopic (exact) mass is 468 g/mol. The van der Waals surface area contributed by atoms with Crippen molar-refractivity contribution in [3.8, 4) is 5.75 Å². The van der Waals surface area contributed by atoms with E-state index in [9.17, 15) is 9.59 Å². The summed E-state index contributed by atoms with van der Waals surface area (Å²) in [5.74, 6) is 0.792. The van der Waals surface area contributed by atoms with Crippen molar-refractivity contribution >= 4 is 23.2 Å². The summed E-state index contributed by atoms with van der Waals surface area (Å²) in [4.78, 5) is 31.8. The third kappa shape index (κ3) is 5.85. The minimum atomic E-state index is -0.152. The van der Waals surface area contributed by atoms with Gasteiger partial charge in [-0.2, -0.15) is 0 Å². The Bertz CT molecular complexity index is 937. The SMILES string of the molecule is C=CCN(CC(=O)N1CCc2sccc2C1c1ccc(OC)cc1)C(=O)C(CC)CCCC. The highest BCUT2D eigenvalue weighted by molar-refractivity contribution is 7.10. The van der Waals surface area contributed by atoms with Gasteiger partial charge in [0.2, 0.25) is 11.8 Å². The Kier molecular flexibility index (Phi) is 9.12. The number of rotatable bonds is 11. The van der Waals surface area contributed by atoms with E-state index in [4.69, 9.17) is 4.74 Å². The van der Waals surface area contributed by atoms with Crippen LogP contribution in [0.3, 0.4) is 0 Å². The first kappa shape index (κ1) is 25.0. The molecule has 1 aliphatic heterocycles. The van der Waals surface area contributed by atoms with E-state index in [1.54, 1.807) is 29.4 Å². The second-order valence-corrected chi connectivity index (χ2v) is 9.57. The number of methoxy groups -OCH3 is 1. The lowest BCUT2D eigenvalue weighted by molar-refractivity contribution is -0.143. The Hall–Kier alpha value is -2.60. The Morgan fingerprint density at radius 3 is 2.67 bits per heavy atom. The Morgan fingerprint density at radius 2 is 2.03 bits per heavy atom. The molecule has 0 saturated heterocycles. The van der Waals surface area contributed by atoms with E-state index in [0.717, 1.165) is 43.4 Å². The van der Waals surface area contributed by atoms with Gasteiger partial charge in [-0.1, -0.05) is 44.9 Å². The van der Waals surface area contributed by atoms with Crippen molar-refractivity contribution in [1.82, 2.24) is 9.80 Å². The van der Waals surface area contributed by atoms with Gasteiger partial charge in [0, 0.05) is 23.9 Å². The number of thiophene rings is 1. The number of hydrogen-bond donors (Lipinski definition) is 0. The van der Waals surface area contributed by atoms with E-state index in [2.05, 4.69) is 31.9 Å². The van der Waals surface area contributed by atoms with Crippen molar-refractivity contribution in [2.45, 2.75) is 52.0 Å². The molecular formula is C27H36N2O3S. The first-order valence-electron chi connectivity index (χ1n) is 11.9. The molecule has 1 aromatic carbocycles. The van der Waals surface area contributed by atoms with Crippen LogP contribution >= 0.6 is 11.3 Å². The maximum absolute atomic E-state index is 13.6. The molecule has 0 aliphatic carbocycles. The molecule has 5 nitrogen and oxygen atoms in total. The fourth-order valence-electron chi connectivity index (χ4n) is 4.58. The molecule has 0 bridgehead atoms. The van der Waals surface area contributed by atoms with Gasteiger partial charge in [-0.05, 0) is 54.0 Å². The van der Waals surface area contributed by atoms with Gasteiger partial charge in [-0.3, -0.25) is 9.59 Å². The molecule has 2 amide bonds. The number of hydrogen-bond acceptors (Lipinski definition) is 4. The van der Waals surface area contributed by atoms with E-state index in [0.29, 0.717) is 13.1 Å². The second kappa shape index (κ2) is 12.0. The summed E-state index contributed by atoms with van der Waals surface area (Å²) in [6.45, 7) is 9.12. The normalized spacial score (nSPS) is 16.1. The van der Waals surface area contributed by atoms with Crippen LogP contribution in [0.5, 0.6) is 5.75 Å². The van der Waals surface area contributed by atoms with Crippen LogP contribution in [0.2, 0.25) is 0 Å². The zero-order valence-corrected chi connectivity index (χ0v) is 20.9. The van der Waals surface area contributed by atoms with Gasteiger partial charge in [0.1, 0.15) is 12.3 Å². The van der Waals surface area contributed by atoms with Gasteiger partial charge < -0.3 is 14.5 Å². The number of amides is 2. The molecule has 1 aromatic heterocycles. The molecule has 1 aliphatic rings. The fourth-order valence-corrected chi connectivity index (χ4v) is 5.49. The molecule has 6 heteroatoms. The van der Waals surface area contributed by atoms with Crippen molar-refractivity contribution in [2.75, 3.05) is 26.7 Å². The molecular weight excluding hydrogens is 432 g/mol. The predicted octanol–water partition coefficient (Wildman–Crippen LogP) is 5.46. The van der Waals surface area contributed by atoms with Gasteiger partial charge in [0.05, 0.1) is 13.2 Å². The second-order valence-electron chi connectivity index (χ2n) is 8.57. The molecule has 2 heterocycles. The van der Waals surface area contributed by atoms with Crippen LogP contribution < -0.4 is 4.74 Å². The van der Waals surface area contributed by atoms with Crippen LogP contribution in [0.1, 0.15) is 61.6 Å². The highest BCUT2D eigenvalue weighted by atomic mass is 32.1. The first-order valence-corrected chi connectivity index (χ1v) is 12.8. The van der Waals surface area contributed by atoms with Crippen LogP contribution in [0, 0.1) is 5.92 Å². The quantitative estimate of drug-likeness (QED) is 0.411. The zero-order valence-electron chi connectivity index (χ0n) is 20.1. The number of carbonyl (C=O) groups is 2. The Balaban J connectivity index is 1.84. The molecule has 0 N–H and O–H groups in total. The van der Waals surface area contributed by atoms with Gasteiger partial charge in [0.15, 0.2) is 0 Å². The fraction of sp³-hybridized carbons (Fsp3) is 0.481. The summed E-state index contributed by atoms with van der Waals surface area (Å²) < 4.78 is 5.32. The van der Waals surface area contributed by atoms with Crippen molar-refractivity contribution in [3.63, 3.8) is 0 Å². The summed E-state index contributed by atoms with van der Waals surface area (Å²) >= 11 is 1.75. The lowest BCUT2D eigenvalue weighted by atomic mass is 9.93. The van der Waals surface area contributed by atoms with Gasteiger partial charge in [-0.15, -0.1) is 17.9 Å². The molecule has 3 rings (SSSR count). The molecule has 2 aromatic rings. The summed E-state index contributed by atoms with van der Waals surface area (Å²) in [5.41, 5.74) is 2.24. The molecule has 0 saturated carbocycles. The minimum absolute atomic E-state index is 0.0202. The average Bonchev–Trinajstić information content (AvgIpc) is 3.32. The number of ether oxygens (including phenoxy) is 1. The van der Waals surface area contributed by atoms with Gasteiger partial charge >= 0.3 is 0 Å². The minimum Gasteiger partial charge on any atom is -0.497 e. The number of fused-ring (bicyclic) bond motifs is 1. The van der Waals surface area contributed by atoms with Gasteiger partial charge in [-0.25, -0.2) is 0 Å². The van der Waals surface area contributed by atoms with Crippen molar-refractivity contribution in [2.24, 2.45) is 5.92 Å². The Labute approximate surface area is 202 Å². The molecule has 0 radical (unpaired) electrons. The van der Waals surface area contributed by atoms with Crippen molar-refractivity contribution < 1.29 is 14.3 Å². The average molecular weight is 469 g/mol. The van der Waals surface area contributed by atoms with E-state index >= 15 is 0 Å². The lowest BCUT2D eigenvalue weighted by Gasteiger charge is -2.38. The van der Waals surface area contributed by atoms with Crippen LogP contribution in [0.25, 0.3) is 0 Å². The molecule has 2 unspecified atom stereocenters. The van der Waals surface area contributed by atoms with Crippen molar-refractivity contribution in [3.05, 3.63) is 64.4 Å². The zero-order chi connectivity index (χ0) is 23.8. The first-order chi connectivity index (χ1) is 16.0. The largest absolute Gasteiger partial charge is 0.497 e. The third-order valence-corrected chi connectivity index (χ3v) is 7.45. The highest BCUT2D eigenvalue weighted by Gasteiger charge is 2.34. The highest BCUT2D eigenvalue weighted by Crippen LogP contribution is 2.38. The van der Waals surface area contributed by atoms with Crippen molar-refractivity contribution in [1.29, 1.82) is 0 Å². The molecule has 33 heavy (non-hydrogen) atoms. The number of unbranched alkanes of at least 4 members (excludes halogenated alkanes) is 1. The van der Waals surface area contributed by atoms with Crippen LogP contribution in [0.15, 0.2) is 48.4 Å². The third-order valence-electron chi connectivity index (χ3n) is 6.45.